The van der Waals surface area contributed by atoms with Gasteiger partial charge in [-0.2, -0.15) is 4.98 Å². The minimum atomic E-state index is -0.396. The van der Waals surface area contributed by atoms with Crippen LogP contribution in [0.3, 0.4) is 0 Å². The lowest BCUT2D eigenvalue weighted by Gasteiger charge is -2.40. The van der Waals surface area contributed by atoms with Crippen molar-refractivity contribution in [2.45, 2.75) is 77.4 Å². The molecule has 1 aromatic rings. The minimum absolute atomic E-state index is 0.0436. The average Bonchev–Trinajstić information content (AvgIpc) is 2.96. The van der Waals surface area contributed by atoms with E-state index in [9.17, 15) is 0 Å². The molecule has 2 atom stereocenters. The van der Waals surface area contributed by atoms with Gasteiger partial charge in [-0.3, -0.25) is 0 Å². The van der Waals surface area contributed by atoms with E-state index in [1.54, 1.807) is 7.11 Å². The van der Waals surface area contributed by atoms with Crippen LogP contribution in [0.25, 0.3) is 0 Å². The highest BCUT2D eigenvalue weighted by Gasteiger charge is 2.43. The van der Waals surface area contributed by atoms with Gasteiger partial charge in [-0.15, -0.1) is 0 Å². The average molecular weight is 295 g/mol. The first-order valence-corrected chi connectivity index (χ1v) is 7.98. The van der Waals surface area contributed by atoms with Crippen molar-refractivity contribution in [2.24, 2.45) is 11.1 Å². The van der Waals surface area contributed by atoms with E-state index in [-0.39, 0.29) is 12.0 Å². The summed E-state index contributed by atoms with van der Waals surface area (Å²) in [5.74, 6) is 1.39. The van der Waals surface area contributed by atoms with Gasteiger partial charge in [0.05, 0.1) is 5.92 Å². The molecule has 0 spiro atoms. The smallest absolute Gasteiger partial charge is 0.231 e. The SMILES string of the molecule is CCC(N)C(C)c1nc(C2(OC)CCC(C)(C)CC2)no1. The Labute approximate surface area is 127 Å². The van der Waals surface area contributed by atoms with Gasteiger partial charge in [0, 0.05) is 13.2 Å². The van der Waals surface area contributed by atoms with E-state index in [2.05, 4.69) is 30.9 Å². The van der Waals surface area contributed by atoms with E-state index in [4.69, 9.17) is 15.0 Å². The third-order valence-electron chi connectivity index (χ3n) is 5.15. The molecule has 1 aliphatic rings. The van der Waals surface area contributed by atoms with Gasteiger partial charge in [0.1, 0.15) is 5.60 Å². The molecule has 2 rings (SSSR count). The summed E-state index contributed by atoms with van der Waals surface area (Å²) < 4.78 is 11.3. The Morgan fingerprint density at radius 2 is 1.90 bits per heavy atom. The van der Waals surface area contributed by atoms with Crippen molar-refractivity contribution in [3.8, 4) is 0 Å². The number of nitrogens with zero attached hydrogens (tertiary/aromatic N) is 2. The summed E-state index contributed by atoms with van der Waals surface area (Å²) in [7, 11) is 1.75. The van der Waals surface area contributed by atoms with Crippen molar-refractivity contribution < 1.29 is 9.26 Å². The van der Waals surface area contributed by atoms with Crippen LogP contribution in [0.15, 0.2) is 4.52 Å². The number of hydrogen-bond donors (Lipinski definition) is 1. The van der Waals surface area contributed by atoms with E-state index in [0.29, 0.717) is 17.1 Å². The first-order chi connectivity index (χ1) is 9.83. The van der Waals surface area contributed by atoms with Crippen LogP contribution >= 0.6 is 0 Å². The molecule has 1 heterocycles. The summed E-state index contributed by atoms with van der Waals surface area (Å²) in [4.78, 5) is 4.61. The fourth-order valence-electron chi connectivity index (χ4n) is 2.99. The van der Waals surface area contributed by atoms with Crippen molar-refractivity contribution in [2.75, 3.05) is 7.11 Å². The van der Waals surface area contributed by atoms with Gasteiger partial charge >= 0.3 is 0 Å². The predicted octanol–water partition coefficient (Wildman–Crippen LogP) is 3.35. The van der Waals surface area contributed by atoms with Gasteiger partial charge in [0.15, 0.2) is 0 Å². The zero-order valence-electron chi connectivity index (χ0n) is 14.0. The Morgan fingerprint density at radius 3 is 2.43 bits per heavy atom. The van der Waals surface area contributed by atoms with E-state index in [0.717, 1.165) is 32.1 Å². The molecule has 1 aliphatic carbocycles. The lowest BCUT2D eigenvalue weighted by atomic mass is 9.70. The minimum Gasteiger partial charge on any atom is -0.370 e. The van der Waals surface area contributed by atoms with Gasteiger partial charge in [-0.05, 0) is 37.5 Å². The maximum Gasteiger partial charge on any atom is 0.231 e. The molecular formula is C16H29N3O2. The zero-order chi connectivity index (χ0) is 15.7. The summed E-state index contributed by atoms with van der Waals surface area (Å²) in [5.41, 5.74) is 6.05. The van der Waals surface area contributed by atoms with Gasteiger partial charge in [-0.1, -0.05) is 32.9 Å². The second-order valence-corrected chi connectivity index (χ2v) is 7.18. The topological polar surface area (TPSA) is 74.2 Å². The highest BCUT2D eigenvalue weighted by molar-refractivity contribution is 5.07. The predicted molar refractivity (Wildman–Crippen MR) is 81.9 cm³/mol. The largest absolute Gasteiger partial charge is 0.370 e. The normalized spacial score (nSPS) is 23.7. The Morgan fingerprint density at radius 1 is 1.29 bits per heavy atom. The molecule has 2 unspecified atom stereocenters. The number of nitrogens with two attached hydrogens (primary N) is 1. The van der Waals surface area contributed by atoms with Crippen LogP contribution < -0.4 is 5.73 Å². The zero-order valence-corrected chi connectivity index (χ0v) is 14.0. The fourth-order valence-corrected chi connectivity index (χ4v) is 2.99. The summed E-state index contributed by atoms with van der Waals surface area (Å²) in [6.45, 7) is 8.71. The Bertz CT molecular complexity index is 460. The number of hydrogen-bond acceptors (Lipinski definition) is 5. The molecule has 5 heteroatoms. The van der Waals surface area contributed by atoms with E-state index in [1.807, 2.05) is 6.92 Å². The molecule has 5 nitrogen and oxygen atoms in total. The molecule has 0 radical (unpaired) electrons. The highest BCUT2D eigenvalue weighted by atomic mass is 16.5. The number of ether oxygens (including phenoxy) is 1. The maximum absolute atomic E-state index is 6.08. The van der Waals surface area contributed by atoms with E-state index in [1.165, 1.54) is 0 Å². The van der Waals surface area contributed by atoms with Gasteiger partial charge in [0.2, 0.25) is 11.7 Å². The standard InChI is InChI=1S/C16H29N3O2/c1-6-12(17)11(2)13-18-14(19-21-13)16(20-5)9-7-15(3,4)8-10-16/h11-12H,6-10,17H2,1-5H3. The molecule has 0 aromatic carbocycles. The molecule has 0 saturated heterocycles. The molecule has 0 bridgehead atoms. The third kappa shape index (κ3) is 3.29. The van der Waals surface area contributed by atoms with Crippen molar-refractivity contribution in [1.29, 1.82) is 0 Å². The summed E-state index contributed by atoms with van der Waals surface area (Å²) in [6.07, 6.45) is 4.97. The Balaban J connectivity index is 2.19. The van der Waals surface area contributed by atoms with Crippen LogP contribution in [-0.2, 0) is 10.3 Å². The second kappa shape index (κ2) is 6.05. The van der Waals surface area contributed by atoms with Crippen molar-refractivity contribution in [3.05, 3.63) is 11.7 Å². The van der Waals surface area contributed by atoms with Crippen LogP contribution in [0.4, 0.5) is 0 Å². The molecular weight excluding hydrogens is 266 g/mol. The van der Waals surface area contributed by atoms with E-state index >= 15 is 0 Å². The van der Waals surface area contributed by atoms with Crippen LogP contribution in [0.1, 0.15) is 77.4 Å². The molecule has 0 amide bonds. The molecule has 1 aromatic heterocycles. The molecule has 0 aliphatic heterocycles. The lowest BCUT2D eigenvalue weighted by molar-refractivity contribution is -0.0740. The van der Waals surface area contributed by atoms with Crippen LogP contribution in [0, 0.1) is 5.41 Å². The van der Waals surface area contributed by atoms with Crippen LogP contribution in [0.2, 0.25) is 0 Å². The Hall–Kier alpha value is -0.940. The monoisotopic (exact) mass is 295 g/mol. The molecule has 21 heavy (non-hydrogen) atoms. The fraction of sp³-hybridized carbons (Fsp3) is 0.875. The van der Waals surface area contributed by atoms with Crippen molar-refractivity contribution >= 4 is 0 Å². The molecule has 1 saturated carbocycles. The van der Waals surface area contributed by atoms with E-state index < -0.39 is 5.60 Å². The van der Waals surface area contributed by atoms with Gasteiger partial charge < -0.3 is 15.0 Å². The first kappa shape index (κ1) is 16.4. The van der Waals surface area contributed by atoms with Gasteiger partial charge in [-0.25, -0.2) is 0 Å². The molecule has 1 fully saturated rings. The Kier molecular flexibility index (Phi) is 4.73. The van der Waals surface area contributed by atoms with Crippen LogP contribution in [-0.4, -0.2) is 23.3 Å². The van der Waals surface area contributed by atoms with Crippen molar-refractivity contribution in [3.63, 3.8) is 0 Å². The summed E-state index contributed by atoms with van der Waals surface area (Å²) >= 11 is 0. The number of aromatic nitrogens is 2. The number of rotatable bonds is 5. The summed E-state index contributed by atoms with van der Waals surface area (Å²) in [6, 6.07) is 0.0436. The second-order valence-electron chi connectivity index (χ2n) is 7.18. The van der Waals surface area contributed by atoms with Crippen molar-refractivity contribution in [1.82, 2.24) is 10.1 Å². The quantitative estimate of drug-likeness (QED) is 0.901. The van der Waals surface area contributed by atoms with Gasteiger partial charge in [0.25, 0.3) is 0 Å². The molecule has 2 N–H and O–H groups in total. The number of methoxy groups -OCH3 is 1. The summed E-state index contributed by atoms with van der Waals surface area (Å²) in [5, 5.41) is 4.20. The van der Waals surface area contributed by atoms with Crippen LogP contribution in [0.5, 0.6) is 0 Å². The highest BCUT2D eigenvalue weighted by Crippen LogP contribution is 2.46. The molecule has 120 valence electrons. The lowest BCUT2D eigenvalue weighted by Crippen LogP contribution is -2.37. The first-order valence-electron chi connectivity index (χ1n) is 7.98. The third-order valence-corrected chi connectivity index (χ3v) is 5.15. The maximum atomic E-state index is 6.08.